The Labute approximate surface area is 165 Å². The molecule has 144 valence electrons. The molecule has 4 nitrogen and oxygen atoms in total. The molecule has 1 atom stereocenters. The van der Waals surface area contributed by atoms with Gasteiger partial charge in [0.25, 0.3) is 0 Å². The van der Waals surface area contributed by atoms with E-state index >= 15 is 0 Å². The van der Waals surface area contributed by atoms with Crippen LogP contribution in [0, 0.1) is 0 Å². The van der Waals surface area contributed by atoms with Crippen LogP contribution in [-0.2, 0) is 16.3 Å². The summed E-state index contributed by atoms with van der Waals surface area (Å²) in [5, 5.41) is 0. The van der Waals surface area contributed by atoms with Gasteiger partial charge in [0.2, 0.25) is 0 Å². The molecule has 0 N–H and O–H groups in total. The zero-order valence-electron chi connectivity index (χ0n) is 15.8. The summed E-state index contributed by atoms with van der Waals surface area (Å²) < 4.78 is 29.8. The van der Waals surface area contributed by atoms with Gasteiger partial charge in [-0.1, -0.05) is 54.6 Å². The van der Waals surface area contributed by atoms with Crippen LogP contribution in [0.15, 0.2) is 76.1 Å². The van der Waals surface area contributed by atoms with Gasteiger partial charge in [-0.25, -0.2) is 13.4 Å². The molecule has 0 saturated carbocycles. The summed E-state index contributed by atoms with van der Waals surface area (Å²) in [5.41, 5.74) is 2.86. The van der Waals surface area contributed by atoms with Crippen molar-refractivity contribution in [1.29, 1.82) is 0 Å². The van der Waals surface area contributed by atoms with Crippen LogP contribution in [-0.4, -0.2) is 19.7 Å². The molecule has 1 heterocycles. The van der Waals surface area contributed by atoms with Crippen LogP contribution in [0.3, 0.4) is 0 Å². The van der Waals surface area contributed by atoms with Gasteiger partial charge in [-0.15, -0.1) is 0 Å². The summed E-state index contributed by atoms with van der Waals surface area (Å²) in [7, 11) is -3.22. The fraction of sp³-hybridized carbons (Fsp3) is 0.261. The van der Waals surface area contributed by atoms with E-state index in [1.54, 1.807) is 12.1 Å². The molecule has 0 amide bonds. The molecule has 4 rings (SSSR count). The Morgan fingerprint density at radius 2 is 1.79 bits per heavy atom. The van der Waals surface area contributed by atoms with E-state index in [0.717, 1.165) is 41.8 Å². The van der Waals surface area contributed by atoms with Crippen molar-refractivity contribution in [3.8, 4) is 11.3 Å². The highest BCUT2D eigenvalue weighted by atomic mass is 32.2. The molecular formula is C23H23NO3S. The van der Waals surface area contributed by atoms with Gasteiger partial charge in [-0.05, 0) is 37.0 Å². The van der Waals surface area contributed by atoms with Gasteiger partial charge in [0.15, 0.2) is 15.7 Å². The maximum absolute atomic E-state index is 11.8. The minimum atomic E-state index is -3.22. The van der Waals surface area contributed by atoms with Crippen molar-refractivity contribution >= 4 is 9.84 Å². The molecule has 0 radical (unpaired) electrons. The van der Waals surface area contributed by atoms with Crippen LogP contribution in [0.2, 0.25) is 0 Å². The molecule has 5 heteroatoms. The van der Waals surface area contributed by atoms with Gasteiger partial charge in [-0.2, -0.15) is 0 Å². The van der Waals surface area contributed by atoms with Crippen molar-refractivity contribution in [3.63, 3.8) is 0 Å². The SMILES string of the molecule is CS(=O)(=O)c1ccc(-c2nc(Cc3ccccc3)oc2C2CC=CCC2)cc1. The van der Waals surface area contributed by atoms with Crippen molar-refractivity contribution in [2.24, 2.45) is 0 Å². The largest absolute Gasteiger partial charge is 0.444 e. The summed E-state index contributed by atoms with van der Waals surface area (Å²) in [5.74, 6) is 1.90. The third-order valence-corrected chi connectivity index (χ3v) is 6.22. The molecule has 0 spiro atoms. The molecular weight excluding hydrogens is 370 g/mol. The molecule has 28 heavy (non-hydrogen) atoms. The molecule has 1 aliphatic carbocycles. The lowest BCUT2D eigenvalue weighted by atomic mass is 9.90. The highest BCUT2D eigenvalue weighted by Gasteiger charge is 2.24. The van der Waals surface area contributed by atoms with E-state index in [4.69, 9.17) is 9.40 Å². The first kappa shape index (κ1) is 18.7. The molecule has 1 aromatic heterocycles. The van der Waals surface area contributed by atoms with E-state index < -0.39 is 9.84 Å². The molecule has 0 fully saturated rings. The fourth-order valence-electron chi connectivity index (χ4n) is 3.60. The molecule has 0 bridgehead atoms. The lowest BCUT2D eigenvalue weighted by molar-refractivity contribution is 0.416. The number of allylic oxidation sites excluding steroid dienone is 2. The first-order valence-corrected chi connectivity index (χ1v) is 11.4. The number of sulfone groups is 1. The van der Waals surface area contributed by atoms with Gasteiger partial charge in [0.05, 0.1) is 4.90 Å². The van der Waals surface area contributed by atoms with Gasteiger partial charge >= 0.3 is 0 Å². The van der Waals surface area contributed by atoms with Gasteiger partial charge < -0.3 is 4.42 Å². The molecule has 1 unspecified atom stereocenters. The number of oxazole rings is 1. The second-order valence-corrected chi connectivity index (χ2v) is 9.28. The fourth-order valence-corrected chi connectivity index (χ4v) is 4.23. The lowest BCUT2D eigenvalue weighted by Crippen LogP contribution is -2.01. The van der Waals surface area contributed by atoms with E-state index in [2.05, 4.69) is 24.3 Å². The van der Waals surface area contributed by atoms with Gasteiger partial charge in [0, 0.05) is 24.2 Å². The number of hydrogen-bond donors (Lipinski definition) is 0. The van der Waals surface area contributed by atoms with Crippen molar-refractivity contribution < 1.29 is 12.8 Å². The first-order valence-electron chi connectivity index (χ1n) is 9.50. The van der Waals surface area contributed by atoms with Gasteiger partial charge in [0.1, 0.15) is 11.5 Å². The van der Waals surface area contributed by atoms with Gasteiger partial charge in [-0.3, -0.25) is 0 Å². The predicted octanol–water partition coefficient (Wildman–Crippen LogP) is 5.16. The van der Waals surface area contributed by atoms with Crippen molar-refractivity contribution in [1.82, 2.24) is 4.98 Å². The number of benzene rings is 2. The van der Waals surface area contributed by atoms with E-state index in [0.29, 0.717) is 23.1 Å². The average molecular weight is 394 g/mol. The highest BCUT2D eigenvalue weighted by molar-refractivity contribution is 7.90. The van der Waals surface area contributed by atoms with Crippen LogP contribution < -0.4 is 0 Å². The summed E-state index contributed by atoms with van der Waals surface area (Å²) in [6, 6.07) is 17.1. The van der Waals surface area contributed by atoms with Crippen molar-refractivity contribution in [3.05, 3.63) is 84.0 Å². The molecule has 0 aliphatic heterocycles. The van der Waals surface area contributed by atoms with E-state index in [1.165, 1.54) is 6.26 Å². The Kier molecular flexibility index (Phi) is 5.18. The summed E-state index contributed by atoms with van der Waals surface area (Å²) in [4.78, 5) is 5.11. The lowest BCUT2D eigenvalue weighted by Gasteiger charge is -2.16. The number of rotatable bonds is 5. The quantitative estimate of drug-likeness (QED) is 0.562. The maximum atomic E-state index is 11.8. The second kappa shape index (κ2) is 7.76. The topological polar surface area (TPSA) is 60.2 Å². The first-order chi connectivity index (χ1) is 13.5. The molecule has 1 aliphatic rings. The Morgan fingerprint density at radius 3 is 2.43 bits per heavy atom. The average Bonchev–Trinajstić information content (AvgIpc) is 3.13. The smallest absolute Gasteiger partial charge is 0.199 e. The predicted molar refractivity (Wildman–Crippen MR) is 110 cm³/mol. The monoisotopic (exact) mass is 393 g/mol. The van der Waals surface area contributed by atoms with Crippen LogP contribution >= 0.6 is 0 Å². The normalized spacial score (nSPS) is 17.0. The number of nitrogens with zero attached hydrogens (tertiary/aromatic N) is 1. The van der Waals surface area contributed by atoms with E-state index in [9.17, 15) is 8.42 Å². The molecule has 2 aromatic carbocycles. The minimum absolute atomic E-state index is 0.298. The number of aromatic nitrogens is 1. The maximum Gasteiger partial charge on any atom is 0.199 e. The van der Waals surface area contributed by atoms with E-state index in [1.807, 2.05) is 30.3 Å². The highest BCUT2D eigenvalue weighted by Crippen LogP contribution is 2.37. The Morgan fingerprint density at radius 1 is 1.04 bits per heavy atom. The van der Waals surface area contributed by atoms with E-state index in [-0.39, 0.29) is 0 Å². The van der Waals surface area contributed by atoms with Crippen LogP contribution in [0.4, 0.5) is 0 Å². The molecule has 3 aromatic rings. The van der Waals surface area contributed by atoms with Crippen LogP contribution in [0.25, 0.3) is 11.3 Å². The van der Waals surface area contributed by atoms with Crippen LogP contribution in [0.5, 0.6) is 0 Å². The number of hydrogen-bond acceptors (Lipinski definition) is 4. The Balaban J connectivity index is 1.72. The van der Waals surface area contributed by atoms with Crippen molar-refractivity contribution in [2.75, 3.05) is 6.26 Å². The minimum Gasteiger partial charge on any atom is -0.444 e. The summed E-state index contributed by atoms with van der Waals surface area (Å²) in [6.07, 6.45) is 9.27. The second-order valence-electron chi connectivity index (χ2n) is 7.26. The third kappa shape index (κ3) is 4.09. The third-order valence-electron chi connectivity index (χ3n) is 5.09. The Hall–Kier alpha value is -2.66. The zero-order valence-corrected chi connectivity index (χ0v) is 16.7. The Bertz CT molecular complexity index is 1080. The summed E-state index contributed by atoms with van der Waals surface area (Å²) in [6.45, 7) is 0. The van der Waals surface area contributed by atoms with Crippen LogP contribution in [0.1, 0.15) is 42.4 Å². The molecule has 0 saturated heterocycles. The standard InChI is InChI=1S/C23H23NO3S/c1-28(25,26)20-14-12-18(13-15-20)22-23(19-10-6-3-7-11-19)27-21(24-22)16-17-8-4-2-5-9-17/h2-6,8-9,12-15,19H,7,10-11,16H2,1H3. The zero-order chi connectivity index (χ0) is 19.6. The summed E-state index contributed by atoms with van der Waals surface area (Å²) >= 11 is 0. The van der Waals surface area contributed by atoms with Crippen molar-refractivity contribution in [2.45, 2.75) is 36.5 Å².